The Balaban J connectivity index is 1.53. The summed E-state index contributed by atoms with van der Waals surface area (Å²) in [6, 6.07) is 6.30. The van der Waals surface area contributed by atoms with Gasteiger partial charge < -0.3 is 15.5 Å². The number of alkyl halides is 3. The molecule has 0 bridgehead atoms. The number of amides is 2. The Morgan fingerprint density at radius 3 is 2.53 bits per heavy atom. The fourth-order valence-corrected chi connectivity index (χ4v) is 5.03. The molecule has 4 rings (SSSR count). The summed E-state index contributed by atoms with van der Waals surface area (Å²) >= 11 is 0. The van der Waals surface area contributed by atoms with Crippen LogP contribution in [0, 0.1) is 23.7 Å². The van der Waals surface area contributed by atoms with E-state index < -0.39 is 29.3 Å². The zero-order valence-electron chi connectivity index (χ0n) is 18.6. The SMILES string of the molecule is Cc1ccncc1C(=O)N1CC2(CCN(c3ccc(C#N)c(C(F)(F)F)c3)CC2)CC1C(N)=O. The Morgan fingerprint density at radius 1 is 1.24 bits per heavy atom. The van der Waals surface area contributed by atoms with E-state index in [2.05, 4.69) is 4.98 Å². The number of primary amides is 1. The van der Waals surface area contributed by atoms with Gasteiger partial charge in [0.15, 0.2) is 0 Å². The van der Waals surface area contributed by atoms with Gasteiger partial charge >= 0.3 is 6.18 Å². The molecule has 3 heterocycles. The maximum absolute atomic E-state index is 13.4. The molecule has 2 N–H and O–H groups in total. The van der Waals surface area contributed by atoms with Crippen molar-refractivity contribution in [2.45, 2.75) is 38.4 Å². The molecule has 0 radical (unpaired) electrons. The summed E-state index contributed by atoms with van der Waals surface area (Å²) in [6.45, 7) is 3.07. The van der Waals surface area contributed by atoms with Gasteiger partial charge in [0.2, 0.25) is 5.91 Å². The van der Waals surface area contributed by atoms with Crippen molar-refractivity contribution >= 4 is 17.5 Å². The number of likely N-dealkylation sites (tertiary alicyclic amines) is 1. The summed E-state index contributed by atoms with van der Waals surface area (Å²) in [5, 5.41) is 9.02. The van der Waals surface area contributed by atoms with E-state index in [0.29, 0.717) is 50.1 Å². The van der Waals surface area contributed by atoms with Crippen molar-refractivity contribution in [2.24, 2.45) is 11.1 Å². The quantitative estimate of drug-likeness (QED) is 0.740. The highest BCUT2D eigenvalue weighted by molar-refractivity contribution is 5.98. The average Bonchev–Trinajstić information content (AvgIpc) is 3.18. The Hall–Kier alpha value is -3.61. The summed E-state index contributed by atoms with van der Waals surface area (Å²) < 4.78 is 40.1. The largest absolute Gasteiger partial charge is 0.417 e. The molecule has 10 heteroatoms. The van der Waals surface area contributed by atoms with Crippen molar-refractivity contribution in [3.63, 3.8) is 0 Å². The van der Waals surface area contributed by atoms with Gasteiger partial charge in [0, 0.05) is 37.7 Å². The molecule has 2 aliphatic heterocycles. The number of pyridine rings is 1. The number of anilines is 1. The number of piperidine rings is 1. The molecule has 2 fully saturated rings. The van der Waals surface area contributed by atoms with E-state index in [4.69, 9.17) is 11.0 Å². The topological polar surface area (TPSA) is 103 Å². The molecule has 1 spiro atoms. The number of nitrogens with two attached hydrogens (primary N) is 1. The minimum atomic E-state index is -4.62. The lowest BCUT2D eigenvalue weighted by Crippen LogP contribution is -2.44. The first-order valence-electron chi connectivity index (χ1n) is 10.9. The Labute approximate surface area is 195 Å². The van der Waals surface area contributed by atoms with E-state index in [1.807, 2.05) is 4.90 Å². The Morgan fingerprint density at radius 2 is 1.94 bits per heavy atom. The van der Waals surface area contributed by atoms with Crippen molar-refractivity contribution in [3.05, 3.63) is 58.9 Å². The molecule has 1 atom stereocenters. The zero-order valence-corrected chi connectivity index (χ0v) is 18.6. The lowest BCUT2D eigenvalue weighted by Gasteiger charge is -2.40. The van der Waals surface area contributed by atoms with Crippen molar-refractivity contribution in [2.75, 3.05) is 24.5 Å². The molecule has 2 amide bonds. The number of carbonyl (C=O) groups is 2. The summed E-state index contributed by atoms with van der Waals surface area (Å²) in [5.74, 6) is -0.869. The van der Waals surface area contributed by atoms with E-state index in [1.54, 1.807) is 25.3 Å². The Kier molecular flexibility index (Phi) is 5.98. The first-order chi connectivity index (χ1) is 16.0. The van der Waals surface area contributed by atoms with Gasteiger partial charge in [-0.2, -0.15) is 18.4 Å². The van der Waals surface area contributed by atoms with Crippen LogP contribution in [0.15, 0.2) is 36.7 Å². The zero-order chi connectivity index (χ0) is 24.7. The van der Waals surface area contributed by atoms with Gasteiger partial charge in [-0.25, -0.2) is 0 Å². The van der Waals surface area contributed by atoms with Crippen molar-refractivity contribution in [1.82, 2.24) is 9.88 Å². The van der Waals surface area contributed by atoms with Crippen LogP contribution in [0.3, 0.4) is 0 Å². The number of hydrogen-bond acceptors (Lipinski definition) is 5. The van der Waals surface area contributed by atoms with Crippen molar-refractivity contribution < 1.29 is 22.8 Å². The van der Waals surface area contributed by atoms with Gasteiger partial charge in [0.05, 0.1) is 22.8 Å². The third-order valence-corrected chi connectivity index (χ3v) is 6.99. The number of aryl methyl sites for hydroxylation is 1. The second-order valence-corrected chi connectivity index (χ2v) is 9.07. The smallest absolute Gasteiger partial charge is 0.371 e. The number of nitriles is 1. The fourth-order valence-electron chi connectivity index (χ4n) is 5.03. The predicted molar refractivity (Wildman–Crippen MR) is 118 cm³/mol. The highest BCUT2D eigenvalue weighted by atomic mass is 19.4. The average molecular weight is 471 g/mol. The van der Waals surface area contributed by atoms with E-state index in [9.17, 15) is 22.8 Å². The van der Waals surface area contributed by atoms with Crippen LogP contribution in [0.25, 0.3) is 0 Å². The van der Waals surface area contributed by atoms with E-state index in [0.717, 1.165) is 11.6 Å². The van der Waals surface area contributed by atoms with Crippen LogP contribution >= 0.6 is 0 Å². The minimum absolute atomic E-state index is 0.296. The number of halogens is 3. The summed E-state index contributed by atoms with van der Waals surface area (Å²) in [5.41, 5.74) is 5.49. The van der Waals surface area contributed by atoms with Crippen LogP contribution in [0.1, 0.15) is 46.3 Å². The molecule has 1 unspecified atom stereocenters. The fraction of sp³-hybridized carbons (Fsp3) is 0.417. The summed E-state index contributed by atoms with van der Waals surface area (Å²) in [4.78, 5) is 32.8. The van der Waals surface area contributed by atoms with Gasteiger partial charge in [-0.05, 0) is 61.4 Å². The second-order valence-electron chi connectivity index (χ2n) is 9.07. The molecular formula is C24H24F3N5O2. The first-order valence-corrected chi connectivity index (χ1v) is 10.9. The molecular weight excluding hydrogens is 447 g/mol. The van der Waals surface area contributed by atoms with Crippen LogP contribution < -0.4 is 10.6 Å². The molecule has 7 nitrogen and oxygen atoms in total. The molecule has 178 valence electrons. The van der Waals surface area contributed by atoms with E-state index in [1.165, 1.54) is 23.2 Å². The van der Waals surface area contributed by atoms with E-state index in [-0.39, 0.29) is 11.3 Å². The lowest BCUT2D eigenvalue weighted by molar-refractivity contribution is -0.137. The highest BCUT2D eigenvalue weighted by Crippen LogP contribution is 2.45. The van der Waals surface area contributed by atoms with Gasteiger partial charge in [0.1, 0.15) is 6.04 Å². The molecule has 34 heavy (non-hydrogen) atoms. The lowest BCUT2D eigenvalue weighted by atomic mass is 9.76. The number of rotatable bonds is 3. The van der Waals surface area contributed by atoms with Crippen LogP contribution in [-0.2, 0) is 11.0 Å². The van der Waals surface area contributed by atoms with Crippen molar-refractivity contribution in [1.29, 1.82) is 5.26 Å². The number of carbonyl (C=O) groups excluding carboxylic acids is 2. The molecule has 2 aliphatic rings. The predicted octanol–water partition coefficient (Wildman–Crippen LogP) is 3.27. The monoisotopic (exact) mass is 471 g/mol. The maximum atomic E-state index is 13.4. The molecule has 2 saturated heterocycles. The maximum Gasteiger partial charge on any atom is 0.417 e. The van der Waals surface area contributed by atoms with Crippen molar-refractivity contribution in [3.8, 4) is 6.07 Å². The summed E-state index contributed by atoms with van der Waals surface area (Å²) in [6.07, 6.45) is 0.0481. The van der Waals surface area contributed by atoms with Gasteiger partial charge in [0.25, 0.3) is 5.91 Å². The minimum Gasteiger partial charge on any atom is -0.371 e. The first kappa shape index (κ1) is 23.5. The van der Waals surface area contributed by atoms with Crippen LogP contribution in [-0.4, -0.2) is 47.4 Å². The number of aromatic nitrogens is 1. The third-order valence-electron chi connectivity index (χ3n) is 6.99. The van der Waals surface area contributed by atoms with Crippen LogP contribution in [0.5, 0.6) is 0 Å². The highest BCUT2D eigenvalue weighted by Gasteiger charge is 2.49. The second kappa shape index (κ2) is 8.63. The standard InChI is InChI=1S/C24H24F3N5O2/c1-15-4-7-30-13-18(15)22(34)32-14-23(11-20(32)21(29)33)5-8-31(9-6-23)17-3-2-16(12-28)19(10-17)24(25,26)27/h2-4,7,10,13,20H,5-6,8-9,11,14H2,1H3,(H2,29,33). The molecule has 1 aromatic carbocycles. The van der Waals surface area contributed by atoms with E-state index >= 15 is 0 Å². The van der Waals surface area contributed by atoms with Crippen LogP contribution in [0.4, 0.5) is 18.9 Å². The van der Waals surface area contributed by atoms with Gasteiger partial charge in [-0.15, -0.1) is 0 Å². The van der Waals surface area contributed by atoms with Crippen LogP contribution in [0.2, 0.25) is 0 Å². The van der Waals surface area contributed by atoms with Gasteiger partial charge in [-0.3, -0.25) is 14.6 Å². The molecule has 0 aliphatic carbocycles. The molecule has 1 aromatic heterocycles. The number of hydrogen-bond donors (Lipinski definition) is 1. The number of nitrogens with zero attached hydrogens (tertiary/aromatic N) is 4. The normalized spacial score (nSPS) is 19.8. The number of benzene rings is 1. The molecule has 2 aromatic rings. The summed E-state index contributed by atoms with van der Waals surface area (Å²) in [7, 11) is 0. The van der Waals surface area contributed by atoms with Gasteiger partial charge in [-0.1, -0.05) is 0 Å². The third kappa shape index (κ3) is 4.30. The molecule has 0 saturated carbocycles. The Bertz CT molecular complexity index is 1170.